The Morgan fingerprint density at radius 2 is 1.93 bits per heavy atom. The lowest BCUT2D eigenvalue weighted by Crippen LogP contribution is -2.33. The molecule has 152 valence electrons. The summed E-state index contributed by atoms with van der Waals surface area (Å²) in [7, 11) is 1.66. The van der Waals surface area contributed by atoms with Crippen molar-refractivity contribution in [1.82, 2.24) is 9.47 Å². The number of rotatable bonds is 9. The van der Waals surface area contributed by atoms with E-state index < -0.39 is 0 Å². The van der Waals surface area contributed by atoms with Crippen LogP contribution in [0.1, 0.15) is 33.6 Å². The van der Waals surface area contributed by atoms with Gasteiger partial charge in [-0.2, -0.15) is 0 Å². The van der Waals surface area contributed by atoms with E-state index in [1.54, 1.807) is 19.2 Å². The fourth-order valence-electron chi connectivity index (χ4n) is 3.41. The normalized spacial score (nSPS) is 10.9. The number of aryl methyl sites for hydroxylation is 1. The maximum atomic E-state index is 13.5. The van der Waals surface area contributed by atoms with E-state index >= 15 is 0 Å². The van der Waals surface area contributed by atoms with Crippen LogP contribution in [0.25, 0.3) is 0 Å². The number of hydrogen-bond acceptors (Lipinski definition) is 2. The second-order valence-corrected chi connectivity index (χ2v) is 7.15. The van der Waals surface area contributed by atoms with Crippen LogP contribution in [-0.2, 0) is 17.8 Å². The molecule has 1 aromatic heterocycles. The highest BCUT2D eigenvalue weighted by Gasteiger charge is 2.19. The van der Waals surface area contributed by atoms with Gasteiger partial charge in [0.05, 0.1) is 6.54 Å². The lowest BCUT2D eigenvalue weighted by Gasteiger charge is -2.24. The first kappa shape index (κ1) is 20.8. The Morgan fingerprint density at radius 1 is 1.10 bits per heavy atom. The molecule has 4 nitrogen and oxygen atoms in total. The number of halogens is 1. The minimum Gasteiger partial charge on any atom is -0.385 e. The second kappa shape index (κ2) is 10.0. The molecule has 0 aliphatic carbocycles. The van der Waals surface area contributed by atoms with Crippen LogP contribution in [-0.4, -0.2) is 35.6 Å². The number of carbonyl (C=O) groups is 1. The molecule has 0 aliphatic heterocycles. The monoisotopic (exact) mass is 394 g/mol. The summed E-state index contributed by atoms with van der Waals surface area (Å²) in [6.07, 6.45) is 2.73. The van der Waals surface area contributed by atoms with Crippen molar-refractivity contribution in [2.24, 2.45) is 0 Å². The lowest BCUT2D eigenvalue weighted by atomic mass is 10.1. The van der Waals surface area contributed by atoms with Crippen molar-refractivity contribution in [2.75, 3.05) is 20.3 Å². The van der Waals surface area contributed by atoms with Crippen LogP contribution in [0.3, 0.4) is 0 Å². The van der Waals surface area contributed by atoms with Crippen molar-refractivity contribution < 1.29 is 13.9 Å². The molecular weight excluding hydrogens is 367 g/mol. The summed E-state index contributed by atoms with van der Waals surface area (Å²) in [5.74, 6) is -0.232. The van der Waals surface area contributed by atoms with Crippen molar-refractivity contribution in [3.8, 4) is 0 Å². The molecule has 0 bridgehead atoms. The molecule has 0 N–H and O–H groups in total. The van der Waals surface area contributed by atoms with Gasteiger partial charge in [0.1, 0.15) is 5.82 Å². The Morgan fingerprint density at radius 3 is 2.69 bits per heavy atom. The van der Waals surface area contributed by atoms with Gasteiger partial charge >= 0.3 is 0 Å². The number of amides is 1. The minimum atomic E-state index is -0.243. The molecule has 0 fully saturated rings. The fraction of sp³-hybridized carbons (Fsp3) is 0.292. The van der Waals surface area contributed by atoms with E-state index in [1.807, 2.05) is 60.5 Å². The van der Waals surface area contributed by atoms with Crippen molar-refractivity contribution >= 4 is 5.91 Å². The summed E-state index contributed by atoms with van der Waals surface area (Å²) in [6.45, 7) is 4.20. The van der Waals surface area contributed by atoms with Gasteiger partial charge in [-0.15, -0.1) is 0 Å². The predicted molar refractivity (Wildman–Crippen MR) is 112 cm³/mol. The standard InChI is InChI=1S/C24H27FN2O2/c1-19-8-3-4-12-23(19)24(28)27(14-7-15-29-2)18-22-11-6-13-26(22)17-20-9-5-10-21(25)16-20/h3-6,8-13,16H,7,14-15,17-18H2,1-2H3. The van der Waals surface area contributed by atoms with Crippen LogP contribution >= 0.6 is 0 Å². The quantitative estimate of drug-likeness (QED) is 0.495. The molecule has 1 heterocycles. The highest BCUT2D eigenvalue weighted by Crippen LogP contribution is 2.16. The van der Waals surface area contributed by atoms with Gasteiger partial charge in [-0.1, -0.05) is 30.3 Å². The highest BCUT2D eigenvalue weighted by molar-refractivity contribution is 5.95. The van der Waals surface area contributed by atoms with E-state index in [4.69, 9.17) is 4.74 Å². The average molecular weight is 394 g/mol. The van der Waals surface area contributed by atoms with Gasteiger partial charge < -0.3 is 14.2 Å². The van der Waals surface area contributed by atoms with Crippen LogP contribution in [0.2, 0.25) is 0 Å². The Balaban J connectivity index is 1.80. The Labute approximate surface area is 171 Å². The molecule has 0 spiro atoms. The number of ether oxygens (including phenoxy) is 1. The van der Waals surface area contributed by atoms with Crippen molar-refractivity contribution in [3.63, 3.8) is 0 Å². The van der Waals surface area contributed by atoms with Gasteiger partial charge in [0, 0.05) is 44.3 Å². The highest BCUT2D eigenvalue weighted by atomic mass is 19.1. The Kier molecular flexibility index (Phi) is 7.19. The SMILES string of the molecule is COCCCN(Cc1cccn1Cc1cccc(F)c1)C(=O)c1ccccc1C. The molecule has 0 saturated carbocycles. The van der Waals surface area contributed by atoms with E-state index in [2.05, 4.69) is 4.57 Å². The molecule has 3 rings (SSSR count). The fourth-order valence-corrected chi connectivity index (χ4v) is 3.41. The third-order valence-corrected chi connectivity index (χ3v) is 4.96. The van der Waals surface area contributed by atoms with E-state index in [9.17, 15) is 9.18 Å². The number of carbonyl (C=O) groups excluding carboxylic acids is 1. The summed E-state index contributed by atoms with van der Waals surface area (Å²) < 4.78 is 20.8. The molecular formula is C24H27FN2O2. The van der Waals surface area contributed by atoms with Gasteiger partial charge in [0.2, 0.25) is 0 Å². The van der Waals surface area contributed by atoms with Gasteiger partial charge in [-0.3, -0.25) is 4.79 Å². The number of aromatic nitrogens is 1. The first-order valence-corrected chi connectivity index (χ1v) is 9.81. The predicted octanol–water partition coefficient (Wildman–Crippen LogP) is 4.66. The molecule has 0 saturated heterocycles. The van der Waals surface area contributed by atoms with Crippen LogP contribution in [0, 0.1) is 12.7 Å². The van der Waals surface area contributed by atoms with Gasteiger partial charge in [0.15, 0.2) is 0 Å². The summed E-state index contributed by atoms with van der Waals surface area (Å²) >= 11 is 0. The lowest BCUT2D eigenvalue weighted by molar-refractivity contribution is 0.0719. The van der Waals surface area contributed by atoms with E-state index in [0.29, 0.717) is 31.8 Å². The summed E-state index contributed by atoms with van der Waals surface area (Å²) in [6, 6.07) is 18.2. The van der Waals surface area contributed by atoms with E-state index in [1.165, 1.54) is 6.07 Å². The molecule has 0 aliphatic rings. The van der Waals surface area contributed by atoms with Gasteiger partial charge in [0.25, 0.3) is 5.91 Å². The first-order chi connectivity index (χ1) is 14.1. The molecule has 2 aromatic carbocycles. The molecule has 1 amide bonds. The van der Waals surface area contributed by atoms with Crippen LogP contribution in [0.5, 0.6) is 0 Å². The molecule has 0 unspecified atom stereocenters. The summed E-state index contributed by atoms with van der Waals surface area (Å²) in [5.41, 5.74) is 3.57. The van der Waals surface area contributed by atoms with Gasteiger partial charge in [-0.05, 0) is 54.8 Å². The molecule has 3 aromatic rings. The molecule has 0 atom stereocenters. The summed E-state index contributed by atoms with van der Waals surface area (Å²) in [5, 5.41) is 0. The smallest absolute Gasteiger partial charge is 0.254 e. The molecule has 0 radical (unpaired) electrons. The zero-order valence-corrected chi connectivity index (χ0v) is 17.0. The van der Waals surface area contributed by atoms with Crippen molar-refractivity contribution in [1.29, 1.82) is 0 Å². The molecule has 29 heavy (non-hydrogen) atoms. The Bertz CT molecular complexity index is 951. The zero-order valence-electron chi connectivity index (χ0n) is 17.0. The summed E-state index contributed by atoms with van der Waals surface area (Å²) in [4.78, 5) is 15.1. The van der Waals surface area contributed by atoms with Crippen LogP contribution < -0.4 is 0 Å². The third-order valence-electron chi connectivity index (χ3n) is 4.96. The van der Waals surface area contributed by atoms with E-state index in [-0.39, 0.29) is 11.7 Å². The van der Waals surface area contributed by atoms with Crippen LogP contribution in [0.15, 0.2) is 66.9 Å². The van der Waals surface area contributed by atoms with Crippen molar-refractivity contribution in [2.45, 2.75) is 26.4 Å². The molecule has 5 heteroatoms. The van der Waals surface area contributed by atoms with Gasteiger partial charge in [-0.25, -0.2) is 4.39 Å². The number of nitrogens with zero attached hydrogens (tertiary/aromatic N) is 2. The third kappa shape index (κ3) is 5.55. The van der Waals surface area contributed by atoms with E-state index in [0.717, 1.165) is 23.2 Å². The van der Waals surface area contributed by atoms with Crippen LogP contribution in [0.4, 0.5) is 4.39 Å². The Hall–Kier alpha value is -2.92. The minimum absolute atomic E-state index is 0.0118. The largest absolute Gasteiger partial charge is 0.385 e. The maximum Gasteiger partial charge on any atom is 0.254 e. The van der Waals surface area contributed by atoms with Crippen molar-refractivity contribution in [3.05, 3.63) is 95.1 Å². The topological polar surface area (TPSA) is 34.5 Å². The number of hydrogen-bond donors (Lipinski definition) is 0. The second-order valence-electron chi connectivity index (χ2n) is 7.15. The first-order valence-electron chi connectivity index (χ1n) is 9.81. The number of methoxy groups -OCH3 is 1. The number of benzene rings is 2. The maximum absolute atomic E-state index is 13.5. The average Bonchev–Trinajstić information content (AvgIpc) is 3.14. The zero-order chi connectivity index (χ0) is 20.6.